The summed E-state index contributed by atoms with van der Waals surface area (Å²) in [4.78, 5) is 49.8. The zero-order chi connectivity index (χ0) is 22.9. The topological polar surface area (TPSA) is 140 Å². The van der Waals surface area contributed by atoms with E-state index in [2.05, 4.69) is 16.0 Å². The fourth-order valence-corrected chi connectivity index (χ4v) is 4.53. The van der Waals surface area contributed by atoms with E-state index < -0.39 is 29.4 Å². The molecule has 0 aromatic heterocycles. The first kappa shape index (κ1) is 21.5. The molecule has 0 unspecified atom stereocenters. The van der Waals surface area contributed by atoms with E-state index >= 15 is 0 Å². The van der Waals surface area contributed by atoms with Gasteiger partial charge in [0.15, 0.2) is 0 Å². The van der Waals surface area contributed by atoms with Crippen LogP contribution in [0.25, 0.3) is 0 Å². The first-order chi connectivity index (χ1) is 15.3. The van der Waals surface area contributed by atoms with Gasteiger partial charge in [-0.25, -0.2) is 4.79 Å². The van der Waals surface area contributed by atoms with Gasteiger partial charge in [0.1, 0.15) is 5.54 Å². The summed E-state index contributed by atoms with van der Waals surface area (Å²) in [5.74, 6) is -2.46. The molecule has 2 aromatic rings. The molecule has 3 amide bonds. The maximum Gasteiger partial charge on any atom is 0.338 e. The van der Waals surface area contributed by atoms with Crippen molar-refractivity contribution in [1.29, 1.82) is 0 Å². The van der Waals surface area contributed by atoms with Crippen LogP contribution in [0, 0.1) is 5.92 Å². The van der Waals surface area contributed by atoms with Crippen molar-refractivity contribution in [1.82, 2.24) is 5.32 Å². The zero-order valence-corrected chi connectivity index (χ0v) is 17.5. The summed E-state index contributed by atoms with van der Waals surface area (Å²) < 4.78 is 4.97. The highest BCUT2D eigenvalue weighted by atomic mass is 16.5. The molecule has 0 bridgehead atoms. The fourth-order valence-electron chi connectivity index (χ4n) is 4.53. The van der Waals surface area contributed by atoms with E-state index in [-0.39, 0.29) is 31.3 Å². The molecule has 9 heteroatoms. The van der Waals surface area contributed by atoms with Crippen molar-refractivity contribution < 1.29 is 23.9 Å². The van der Waals surface area contributed by atoms with Gasteiger partial charge in [0.05, 0.1) is 18.1 Å². The third kappa shape index (κ3) is 3.71. The van der Waals surface area contributed by atoms with Crippen molar-refractivity contribution >= 4 is 35.1 Å². The van der Waals surface area contributed by atoms with E-state index in [4.69, 9.17) is 10.5 Å². The normalized spacial score (nSPS) is 23.5. The molecule has 0 aliphatic carbocycles. The van der Waals surface area contributed by atoms with Crippen LogP contribution in [0.3, 0.4) is 0 Å². The van der Waals surface area contributed by atoms with Gasteiger partial charge in [0.25, 0.3) is 0 Å². The number of fused-ring (bicyclic) bond motifs is 2. The minimum Gasteiger partial charge on any atom is -0.462 e. The number of nitrogens with one attached hydrogen (secondary N) is 3. The van der Waals surface area contributed by atoms with Crippen LogP contribution in [0.2, 0.25) is 0 Å². The van der Waals surface area contributed by atoms with Crippen LogP contribution in [-0.4, -0.2) is 36.3 Å². The molecule has 1 spiro atoms. The quantitative estimate of drug-likeness (QED) is 0.506. The number of rotatable bonds is 6. The summed E-state index contributed by atoms with van der Waals surface area (Å²) in [6, 6.07) is 13.1. The predicted molar refractivity (Wildman–Crippen MR) is 117 cm³/mol. The van der Waals surface area contributed by atoms with Crippen LogP contribution in [0.4, 0.5) is 11.4 Å². The number of amides is 3. The Morgan fingerprint density at radius 3 is 2.56 bits per heavy atom. The molecule has 5 N–H and O–H groups in total. The molecular weight excluding hydrogens is 412 g/mol. The number of carbonyl (C=O) groups excluding carboxylic acids is 4. The number of hydrogen-bond acceptors (Lipinski definition) is 6. The number of anilines is 2. The summed E-state index contributed by atoms with van der Waals surface area (Å²) >= 11 is 0. The highest BCUT2D eigenvalue weighted by molar-refractivity contribution is 6.10. The third-order valence-corrected chi connectivity index (χ3v) is 5.86. The molecule has 2 aromatic carbocycles. The molecule has 1 fully saturated rings. The zero-order valence-electron chi connectivity index (χ0n) is 17.5. The van der Waals surface area contributed by atoms with Crippen LogP contribution in [0.15, 0.2) is 48.5 Å². The molecule has 3 atom stereocenters. The number of nitrogens with two attached hydrogens (primary N) is 1. The van der Waals surface area contributed by atoms with Crippen molar-refractivity contribution in [2.75, 3.05) is 17.2 Å². The number of primary amides is 1. The van der Waals surface area contributed by atoms with Gasteiger partial charge < -0.3 is 21.1 Å². The van der Waals surface area contributed by atoms with Crippen molar-refractivity contribution in [2.24, 2.45) is 11.7 Å². The number of hydrogen-bond donors (Lipinski definition) is 4. The second-order valence-corrected chi connectivity index (χ2v) is 7.89. The molecule has 2 heterocycles. The largest absolute Gasteiger partial charge is 0.462 e. The summed E-state index contributed by atoms with van der Waals surface area (Å²) in [5.41, 5.74) is 6.21. The molecule has 0 saturated carbocycles. The van der Waals surface area contributed by atoms with Crippen molar-refractivity contribution in [3.63, 3.8) is 0 Å². The van der Waals surface area contributed by atoms with E-state index in [0.29, 0.717) is 22.5 Å². The molecule has 9 nitrogen and oxygen atoms in total. The Morgan fingerprint density at radius 1 is 1.16 bits per heavy atom. The molecule has 166 valence electrons. The second kappa shape index (κ2) is 8.43. The van der Waals surface area contributed by atoms with Crippen molar-refractivity contribution in [2.45, 2.75) is 31.3 Å². The van der Waals surface area contributed by atoms with Crippen LogP contribution < -0.4 is 21.7 Å². The Bertz CT molecular complexity index is 1080. The minimum atomic E-state index is -1.30. The Labute approximate surface area is 184 Å². The van der Waals surface area contributed by atoms with Gasteiger partial charge in [-0.2, -0.15) is 0 Å². The fraction of sp³-hybridized carbons (Fsp3) is 0.304. The lowest BCUT2D eigenvalue weighted by molar-refractivity contribution is -0.130. The monoisotopic (exact) mass is 436 g/mol. The van der Waals surface area contributed by atoms with Gasteiger partial charge in [0.2, 0.25) is 17.7 Å². The second-order valence-electron chi connectivity index (χ2n) is 7.89. The van der Waals surface area contributed by atoms with Gasteiger partial charge in [-0.3, -0.25) is 19.7 Å². The van der Waals surface area contributed by atoms with Crippen molar-refractivity contribution in [3.8, 4) is 0 Å². The molecule has 2 aliphatic rings. The van der Waals surface area contributed by atoms with Gasteiger partial charge >= 0.3 is 5.97 Å². The van der Waals surface area contributed by atoms with Crippen LogP contribution in [-0.2, 0) is 24.7 Å². The maximum absolute atomic E-state index is 13.3. The van der Waals surface area contributed by atoms with Gasteiger partial charge in [-0.1, -0.05) is 18.2 Å². The van der Waals surface area contributed by atoms with Gasteiger partial charge in [-0.05, 0) is 43.7 Å². The third-order valence-electron chi connectivity index (χ3n) is 5.86. The SMILES string of the molecule is CCOC(=O)c1ccc(NC(=O)[C@@H]2C[C@H](CC(N)=O)N[C@@]23C(=O)Nc2ccccc23)cc1. The summed E-state index contributed by atoms with van der Waals surface area (Å²) in [7, 11) is 0. The smallest absolute Gasteiger partial charge is 0.338 e. The van der Waals surface area contributed by atoms with Crippen LogP contribution in [0.1, 0.15) is 35.7 Å². The number of para-hydroxylation sites is 1. The number of carbonyl (C=O) groups is 4. The average molecular weight is 436 g/mol. The highest BCUT2D eigenvalue weighted by Crippen LogP contribution is 2.47. The van der Waals surface area contributed by atoms with Crippen LogP contribution >= 0.6 is 0 Å². The predicted octanol–water partition coefficient (Wildman–Crippen LogP) is 1.50. The Kier molecular flexibility index (Phi) is 5.67. The Balaban J connectivity index is 1.61. The molecule has 4 rings (SSSR count). The first-order valence-electron chi connectivity index (χ1n) is 10.4. The van der Waals surface area contributed by atoms with Gasteiger partial charge in [0, 0.05) is 29.4 Å². The van der Waals surface area contributed by atoms with Crippen molar-refractivity contribution in [3.05, 3.63) is 59.7 Å². The molecule has 0 radical (unpaired) electrons. The standard InChI is InChI=1S/C23H24N4O5/c1-2-32-21(30)13-7-9-14(10-8-13)25-20(29)17-11-15(12-19(24)28)27-23(17)16-5-3-4-6-18(16)26-22(23)31/h3-10,15,17,27H,2,11-12H2,1H3,(H2,24,28)(H,25,29)(H,26,31)/t15-,17+,23-/m1/s1. The molecule has 32 heavy (non-hydrogen) atoms. The summed E-state index contributed by atoms with van der Waals surface area (Å²) in [6.45, 7) is 1.99. The average Bonchev–Trinajstić information content (AvgIpc) is 3.27. The lowest BCUT2D eigenvalue weighted by Gasteiger charge is -2.29. The number of benzene rings is 2. The summed E-state index contributed by atoms with van der Waals surface area (Å²) in [5, 5.41) is 8.89. The van der Waals surface area contributed by atoms with E-state index in [9.17, 15) is 19.2 Å². The molecule has 1 saturated heterocycles. The van der Waals surface area contributed by atoms with E-state index in [1.165, 1.54) is 0 Å². The lowest BCUT2D eigenvalue weighted by Crippen LogP contribution is -2.52. The number of ether oxygens (including phenoxy) is 1. The minimum absolute atomic E-state index is 0.00914. The van der Waals surface area contributed by atoms with E-state index in [1.54, 1.807) is 55.5 Å². The van der Waals surface area contributed by atoms with E-state index in [0.717, 1.165) is 0 Å². The maximum atomic E-state index is 13.3. The highest BCUT2D eigenvalue weighted by Gasteiger charge is 2.60. The first-order valence-corrected chi connectivity index (χ1v) is 10.4. The molecule has 2 aliphatic heterocycles. The molecular formula is C23H24N4O5. The van der Waals surface area contributed by atoms with Gasteiger partial charge in [-0.15, -0.1) is 0 Å². The lowest BCUT2D eigenvalue weighted by atomic mass is 9.79. The van der Waals surface area contributed by atoms with Crippen LogP contribution in [0.5, 0.6) is 0 Å². The van der Waals surface area contributed by atoms with E-state index in [1.807, 2.05) is 0 Å². The Morgan fingerprint density at radius 2 is 1.88 bits per heavy atom. The Hall–Kier alpha value is -3.72. The number of esters is 1. The summed E-state index contributed by atoms with van der Waals surface area (Å²) in [6.07, 6.45) is 0.270.